The van der Waals surface area contributed by atoms with Gasteiger partial charge < -0.3 is 10.2 Å². The molecule has 0 bridgehead atoms. The van der Waals surface area contributed by atoms with Crippen LogP contribution in [-0.2, 0) is 17.8 Å². The molecule has 5 nitrogen and oxygen atoms in total. The summed E-state index contributed by atoms with van der Waals surface area (Å²) in [5.74, 6) is 2.29. The lowest BCUT2D eigenvalue weighted by Crippen LogP contribution is -2.45. The highest BCUT2D eigenvalue weighted by Crippen LogP contribution is 2.32. The van der Waals surface area contributed by atoms with Crippen LogP contribution in [0.1, 0.15) is 37.8 Å². The Bertz CT molecular complexity index is 541. The van der Waals surface area contributed by atoms with Gasteiger partial charge in [0.2, 0.25) is 5.91 Å². The number of piperidine rings is 2. The second kappa shape index (κ2) is 6.63. The van der Waals surface area contributed by atoms with Crippen LogP contribution in [0.4, 0.5) is 0 Å². The quantitative estimate of drug-likeness (QED) is 0.903. The molecule has 2 fully saturated rings. The fourth-order valence-corrected chi connectivity index (χ4v) is 4.74. The predicted octanol–water partition coefficient (Wildman–Crippen LogP) is 1.68. The maximum absolute atomic E-state index is 12.9. The van der Waals surface area contributed by atoms with Gasteiger partial charge in [-0.05, 0) is 63.1 Å². The lowest BCUT2D eigenvalue weighted by Gasteiger charge is -2.39. The summed E-state index contributed by atoms with van der Waals surface area (Å²) in [7, 11) is 0. The van der Waals surface area contributed by atoms with Gasteiger partial charge in [-0.25, -0.2) is 0 Å². The highest BCUT2D eigenvalue weighted by molar-refractivity contribution is 5.79. The number of amides is 1. The highest BCUT2D eigenvalue weighted by Gasteiger charge is 2.33. The molecule has 0 radical (unpaired) electrons. The Labute approximate surface area is 138 Å². The summed E-state index contributed by atoms with van der Waals surface area (Å²) in [5.41, 5.74) is 1.22. The molecule has 1 N–H and O–H groups in total. The van der Waals surface area contributed by atoms with Crippen LogP contribution >= 0.6 is 0 Å². The molecule has 3 aliphatic heterocycles. The van der Waals surface area contributed by atoms with E-state index in [0.717, 1.165) is 44.3 Å². The summed E-state index contributed by atoms with van der Waals surface area (Å²) in [4.78, 5) is 15.0. The molecule has 0 spiro atoms. The van der Waals surface area contributed by atoms with Gasteiger partial charge in [0.05, 0.1) is 0 Å². The van der Waals surface area contributed by atoms with Crippen molar-refractivity contribution in [3.8, 4) is 0 Å². The Morgan fingerprint density at radius 1 is 1.04 bits per heavy atom. The van der Waals surface area contributed by atoms with E-state index in [1.165, 1.54) is 44.5 Å². The summed E-state index contributed by atoms with van der Waals surface area (Å²) in [6, 6.07) is 2.06. The Balaban J connectivity index is 1.31. The number of aryl methyl sites for hydroxylation is 1. The minimum Gasteiger partial charge on any atom is -0.342 e. The van der Waals surface area contributed by atoms with E-state index in [1.54, 1.807) is 0 Å². The Morgan fingerprint density at radius 3 is 2.57 bits per heavy atom. The molecule has 1 unspecified atom stereocenters. The Morgan fingerprint density at radius 2 is 1.78 bits per heavy atom. The van der Waals surface area contributed by atoms with Crippen LogP contribution in [-0.4, -0.2) is 46.8 Å². The van der Waals surface area contributed by atoms with Crippen LogP contribution in [0.25, 0.3) is 0 Å². The van der Waals surface area contributed by atoms with E-state index in [2.05, 4.69) is 21.4 Å². The van der Waals surface area contributed by atoms with Crippen LogP contribution < -0.4 is 5.32 Å². The number of nitrogens with zero attached hydrogens (tertiary/aromatic N) is 3. The van der Waals surface area contributed by atoms with Crippen molar-refractivity contribution in [2.75, 3.05) is 26.2 Å². The van der Waals surface area contributed by atoms with Gasteiger partial charge in [-0.1, -0.05) is 0 Å². The highest BCUT2D eigenvalue weighted by atomic mass is 16.2. The van der Waals surface area contributed by atoms with Crippen molar-refractivity contribution in [2.24, 2.45) is 17.8 Å². The zero-order valence-corrected chi connectivity index (χ0v) is 13.9. The van der Waals surface area contributed by atoms with Gasteiger partial charge in [0.1, 0.15) is 0 Å². The minimum absolute atomic E-state index is 0.176. The standard InChI is InChI=1S/C18H28N4O/c23-18(16-6-12-22-17(13-16)3-9-20-22)21-10-4-15(5-11-21)14-1-7-19-8-2-14/h3,9,14-16,19H,1-2,4-8,10-13H2. The van der Waals surface area contributed by atoms with E-state index in [9.17, 15) is 4.79 Å². The molecule has 4 heterocycles. The molecule has 2 saturated heterocycles. The molecule has 5 heteroatoms. The molecule has 1 amide bonds. The lowest BCUT2D eigenvalue weighted by atomic mass is 9.79. The number of aromatic nitrogens is 2. The molecular weight excluding hydrogens is 288 g/mol. The Hall–Kier alpha value is -1.36. The molecule has 0 saturated carbocycles. The van der Waals surface area contributed by atoms with Crippen molar-refractivity contribution in [1.29, 1.82) is 0 Å². The van der Waals surface area contributed by atoms with E-state index in [1.807, 2.05) is 10.9 Å². The molecule has 1 atom stereocenters. The molecule has 3 aliphatic rings. The predicted molar refractivity (Wildman–Crippen MR) is 88.9 cm³/mol. The Kier molecular flexibility index (Phi) is 4.38. The van der Waals surface area contributed by atoms with Gasteiger partial charge in [-0.2, -0.15) is 5.10 Å². The van der Waals surface area contributed by atoms with Gasteiger partial charge in [0.25, 0.3) is 0 Å². The number of hydrogen-bond acceptors (Lipinski definition) is 3. The zero-order chi connectivity index (χ0) is 15.6. The molecule has 126 valence electrons. The molecule has 0 aromatic carbocycles. The van der Waals surface area contributed by atoms with E-state index < -0.39 is 0 Å². The number of carbonyl (C=O) groups excluding carboxylic acids is 1. The summed E-state index contributed by atoms with van der Waals surface area (Å²) in [6.45, 7) is 5.20. The van der Waals surface area contributed by atoms with E-state index in [0.29, 0.717) is 5.91 Å². The first-order chi connectivity index (χ1) is 11.3. The normalized spacial score (nSPS) is 27.0. The summed E-state index contributed by atoms with van der Waals surface area (Å²) >= 11 is 0. The first-order valence-corrected chi connectivity index (χ1v) is 9.31. The molecule has 23 heavy (non-hydrogen) atoms. The number of carbonyl (C=O) groups is 1. The van der Waals surface area contributed by atoms with Crippen molar-refractivity contribution in [2.45, 2.75) is 45.1 Å². The first-order valence-electron chi connectivity index (χ1n) is 9.31. The van der Waals surface area contributed by atoms with Crippen LogP contribution in [0.3, 0.4) is 0 Å². The molecular formula is C18H28N4O. The lowest BCUT2D eigenvalue weighted by molar-refractivity contribution is -0.138. The fraction of sp³-hybridized carbons (Fsp3) is 0.778. The number of likely N-dealkylation sites (tertiary alicyclic amines) is 1. The van der Waals surface area contributed by atoms with Crippen molar-refractivity contribution in [3.05, 3.63) is 18.0 Å². The van der Waals surface area contributed by atoms with Crippen LogP contribution in [0, 0.1) is 17.8 Å². The summed E-state index contributed by atoms with van der Waals surface area (Å²) < 4.78 is 2.05. The summed E-state index contributed by atoms with van der Waals surface area (Å²) in [6.07, 6.45) is 8.74. The van der Waals surface area contributed by atoms with Crippen molar-refractivity contribution >= 4 is 5.91 Å². The van der Waals surface area contributed by atoms with Crippen molar-refractivity contribution in [3.63, 3.8) is 0 Å². The smallest absolute Gasteiger partial charge is 0.226 e. The van der Waals surface area contributed by atoms with E-state index >= 15 is 0 Å². The van der Waals surface area contributed by atoms with Gasteiger partial charge in [-0.15, -0.1) is 0 Å². The summed E-state index contributed by atoms with van der Waals surface area (Å²) in [5, 5.41) is 7.77. The maximum Gasteiger partial charge on any atom is 0.226 e. The third-order valence-corrected chi connectivity index (χ3v) is 6.20. The fourth-order valence-electron chi connectivity index (χ4n) is 4.74. The average Bonchev–Trinajstić information content (AvgIpc) is 3.10. The van der Waals surface area contributed by atoms with Gasteiger partial charge in [-0.3, -0.25) is 9.48 Å². The monoisotopic (exact) mass is 316 g/mol. The SMILES string of the molecule is O=C(C1CCn2nccc2C1)N1CCC(C2CCNCC2)CC1. The van der Waals surface area contributed by atoms with Gasteiger partial charge in [0.15, 0.2) is 0 Å². The van der Waals surface area contributed by atoms with Gasteiger partial charge >= 0.3 is 0 Å². The minimum atomic E-state index is 0.176. The molecule has 1 aromatic heterocycles. The second-order valence-corrected chi connectivity index (χ2v) is 7.49. The van der Waals surface area contributed by atoms with Crippen LogP contribution in [0.15, 0.2) is 12.3 Å². The number of rotatable bonds is 2. The third-order valence-electron chi connectivity index (χ3n) is 6.20. The van der Waals surface area contributed by atoms with Gasteiger partial charge in [0, 0.05) is 43.9 Å². The van der Waals surface area contributed by atoms with Crippen LogP contribution in [0.2, 0.25) is 0 Å². The number of fused-ring (bicyclic) bond motifs is 1. The largest absolute Gasteiger partial charge is 0.342 e. The van der Waals surface area contributed by atoms with Crippen molar-refractivity contribution < 1.29 is 4.79 Å². The molecule has 1 aromatic rings. The van der Waals surface area contributed by atoms with Crippen LogP contribution in [0.5, 0.6) is 0 Å². The third kappa shape index (κ3) is 3.16. The second-order valence-electron chi connectivity index (χ2n) is 7.49. The molecule has 4 rings (SSSR count). The van der Waals surface area contributed by atoms with E-state index in [-0.39, 0.29) is 5.92 Å². The number of hydrogen-bond donors (Lipinski definition) is 1. The van der Waals surface area contributed by atoms with E-state index in [4.69, 9.17) is 0 Å². The average molecular weight is 316 g/mol. The van der Waals surface area contributed by atoms with Crippen molar-refractivity contribution in [1.82, 2.24) is 20.0 Å². The topological polar surface area (TPSA) is 50.2 Å². The zero-order valence-electron chi connectivity index (χ0n) is 13.9. The molecule has 0 aliphatic carbocycles. The maximum atomic E-state index is 12.9. The first kappa shape index (κ1) is 15.2. The number of nitrogens with one attached hydrogen (secondary N) is 1.